The molecule has 17 heavy (non-hydrogen) atoms. The molecule has 3 nitrogen and oxygen atoms in total. The van der Waals surface area contributed by atoms with Gasteiger partial charge in [-0.15, -0.1) is 11.3 Å². The Morgan fingerprint density at radius 2 is 2.35 bits per heavy atom. The number of hydrogen-bond donors (Lipinski definition) is 1. The van der Waals surface area contributed by atoms with Gasteiger partial charge in [-0.25, -0.2) is 4.98 Å². The molecule has 1 aromatic heterocycles. The molecule has 1 aliphatic rings. The van der Waals surface area contributed by atoms with Crippen LogP contribution in [-0.4, -0.2) is 17.6 Å². The first kappa shape index (κ1) is 10.6. The van der Waals surface area contributed by atoms with Crippen LogP contribution in [0.4, 0.5) is 11.4 Å². The average molecular weight is 245 g/mol. The van der Waals surface area contributed by atoms with Crippen molar-refractivity contribution in [3.8, 4) is 0 Å². The largest absolute Gasteiger partial charge is 0.381 e. The van der Waals surface area contributed by atoms with E-state index in [0.717, 1.165) is 13.1 Å². The fourth-order valence-corrected chi connectivity index (χ4v) is 2.81. The molecule has 0 radical (unpaired) electrons. The second kappa shape index (κ2) is 4.37. The van der Waals surface area contributed by atoms with Crippen LogP contribution in [0.3, 0.4) is 0 Å². The average Bonchev–Trinajstić information content (AvgIpc) is 2.86. The third-order valence-electron chi connectivity index (χ3n) is 3.12. The van der Waals surface area contributed by atoms with Crippen molar-refractivity contribution in [3.05, 3.63) is 40.8 Å². The van der Waals surface area contributed by atoms with E-state index in [1.807, 2.05) is 11.6 Å². The fraction of sp³-hybridized carbons (Fsp3) is 0.308. The van der Waals surface area contributed by atoms with Gasteiger partial charge in [0.1, 0.15) is 5.01 Å². The molecule has 1 N–H and O–H groups in total. The van der Waals surface area contributed by atoms with Crippen molar-refractivity contribution in [2.45, 2.75) is 19.5 Å². The first-order valence-electron chi connectivity index (χ1n) is 5.82. The Kier molecular flexibility index (Phi) is 2.73. The van der Waals surface area contributed by atoms with Crippen LogP contribution in [-0.2, 0) is 6.54 Å². The van der Waals surface area contributed by atoms with Gasteiger partial charge in [-0.2, -0.15) is 0 Å². The minimum absolute atomic E-state index is 0.494. The molecule has 1 aromatic carbocycles. The van der Waals surface area contributed by atoms with Crippen LogP contribution in [0, 0.1) is 0 Å². The summed E-state index contributed by atoms with van der Waals surface area (Å²) < 4.78 is 0. The van der Waals surface area contributed by atoms with Crippen molar-refractivity contribution in [1.29, 1.82) is 0 Å². The minimum atomic E-state index is 0.494. The SMILES string of the molecule is CC1CNc2ccccc2N1Cc1nccs1. The lowest BCUT2D eigenvalue weighted by Gasteiger charge is -2.37. The van der Waals surface area contributed by atoms with E-state index < -0.39 is 0 Å². The highest BCUT2D eigenvalue weighted by Gasteiger charge is 2.22. The predicted molar refractivity (Wildman–Crippen MR) is 72.7 cm³/mol. The van der Waals surface area contributed by atoms with Gasteiger partial charge in [0.15, 0.2) is 0 Å². The molecule has 1 aliphatic heterocycles. The van der Waals surface area contributed by atoms with Crippen molar-refractivity contribution in [1.82, 2.24) is 4.98 Å². The molecule has 0 saturated carbocycles. The molecular formula is C13H15N3S. The molecule has 0 fully saturated rings. The van der Waals surface area contributed by atoms with Gasteiger partial charge in [-0.1, -0.05) is 12.1 Å². The number of para-hydroxylation sites is 2. The van der Waals surface area contributed by atoms with Crippen molar-refractivity contribution in [2.75, 3.05) is 16.8 Å². The van der Waals surface area contributed by atoms with Gasteiger partial charge in [0, 0.05) is 24.2 Å². The second-order valence-electron chi connectivity index (χ2n) is 4.30. The normalized spacial score (nSPS) is 18.6. The van der Waals surface area contributed by atoms with E-state index in [1.165, 1.54) is 16.4 Å². The third kappa shape index (κ3) is 2.00. The van der Waals surface area contributed by atoms with Crippen LogP contribution in [0.15, 0.2) is 35.8 Å². The molecule has 0 aliphatic carbocycles. The van der Waals surface area contributed by atoms with Crippen LogP contribution in [0.5, 0.6) is 0 Å². The first-order chi connectivity index (χ1) is 8.34. The Hall–Kier alpha value is -1.55. The molecule has 2 aromatic rings. The van der Waals surface area contributed by atoms with Gasteiger partial charge in [0.05, 0.1) is 17.9 Å². The number of fused-ring (bicyclic) bond motifs is 1. The molecule has 1 atom stereocenters. The quantitative estimate of drug-likeness (QED) is 0.881. The Morgan fingerprint density at radius 3 is 3.18 bits per heavy atom. The van der Waals surface area contributed by atoms with Gasteiger partial charge >= 0.3 is 0 Å². The van der Waals surface area contributed by atoms with E-state index in [1.54, 1.807) is 11.3 Å². The summed E-state index contributed by atoms with van der Waals surface area (Å²) in [6.45, 7) is 4.14. The highest BCUT2D eigenvalue weighted by Crippen LogP contribution is 2.32. The number of anilines is 2. The molecule has 0 bridgehead atoms. The number of aromatic nitrogens is 1. The summed E-state index contributed by atoms with van der Waals surface area (Å²) in [5.74, 6) is 0. The number of rotatable bonds is 2. The van der Waals surface area contributed by atoms with E-state index in [0.29, 0.717) is 6.04 Å². The Balaban J connectivity index is 1.92. The van der Waals surface area contributed by atoms with Crippen LogP contribution in [0.25, 0.3) is 0 Å². The van der Waals surface area contributed by atoms with Gasteiger partial charge < -0.3 is 10.2 Å². The van der Waals surface area contributed by atoms with Crippen molar-refractivity contribution in [2.24, 2.45) is 0 Å². The van der Waals surface area contributed by atoms with Gasteiger partial charge in [0.25, 0.3) is 0 Å². The molecule has 4 heteroatoms. The molecule has 0 spiro atoms. The topological polar surface area (TPSA) is 28.2 Å². The van der Waals surface area contributed by atoms with E-state index in [2.05, 4.69) is 46.4 Å². The lowest BCUT2D eigenvalue weighted by molar-refractivity contribution is 0.640. The summed E-state index contributed by atoms with van der Waals surface area (Å²) in [7, 11) is 0. The maximum Gasteiger partial charge on any atom is 0.112 e. The van der Waals surface area contributed by atoms with Crippen LogP contribution >= 0.6 is 11.3 Å². The molecular weight excluding hydrogens is 230 g/mol. The predicted octanol–water partition coefficient (Wildman–Crippen LogP) is 2.96. The summed E-state index contributed by atoms with van der Waals surface area (Å²) in [6, 6.07) is 8.96. The van der Waals surface area contributed by atoms with E-state index in [4.69, 9.17) is 0 Å². The fourth-order valence-electron chi connectivity index (χ4n) is 2.20. The zero-order valence-electron chi connectivity index (χ0n) is 9.76. The summed E-state index contributed by atoms with van der Waals surface area (Å²) in [5, 5.41) is 6.67. The molecule has 3 rings (SSSR count). The number of nitrogens with one attached hydrogen (secondary N) is 1. The van der Waals surface area contributed by atoms with Crippen molar-refractivity contribution < 1.29 is 0 Å². The Morgan fingerprint density at radius 1 is 1.47 bits per heavy atom. The summed E-state index contributed by atoms with van der Waals surface area (Å²) in [6.07, 6.45) is 1.87. The lowest BCUT2D eigenvalue weighted by Crippen LogP contribution is -2.41. The van der Waals surface area contributed by atoms with Crippen molar-refractivity contribution >= 4 is 22.7 Å². The minimum Gasteiger partial charge on any atom is -0.381 e. The highest BCUT2D eigenvalue weighted by molar-refractivity contribution is 7.09. The zero-order valence-corrected chi connectivity index (χ0v) is 10.6. The second-order valence-corrected chi connectivity index (χ2v) is 5.28. The maximum atomic E-state index is 4.37. The smallest absolute Gasteiger partial charge is 0.112 e. The van der Waals surface area contributed by atoms with Gasteiger partial charge in [-0.3, -0.25) is 0 Å². The monoisotopic (exact) mass is 245 g/mol. The summed E-state index contributed by atoms with van der Waals surface area (Å²) >= 11 is 1.72. The highest BCUT2D eigenvalue weighted by atomic mass is 32.1. The molecule has 1 unspecified atom stereocenters. The van der Waals surface area contributed by atoms with E-state index in [-0.39, 0.29) is 0 Å². The van der Waals surface area contributed by atoms with Crippen LogP contribution < -0.4 is 10.2 Å². The number of hydrogen-bond acceptors (Lipinski definition) is 4. The van der Waals surface area contributed by atoms with Gasteiger partial charge in [0.2, 0.25) is 0 Å². The standard InChI is InChI=1S/C13H15N3S/c1-10-8-15-11-4-2-3-5-12(11)16(10)9-13-14-6-7-17-13/h2-7,10,15H,8-9H2,1H3. The maximum absolute atomic E-state index is 4.37. The molecule has 0 amide bonds. The third-order valence-corrected chi connectivity index (χ3v) is 3.89. The molecule has 0 saturated heterocycles. The molecule has 88 valence electrons. The van der Waals surface area contributed by atoms with Crippen LogP contribution in [0.1, 0.15) is 11.9 Å². The van der Waals surface area contributed by atoms with Gasteiger partial charge in [-0.05, 0) is 19.1 Å². The zero-order chi connectivity index (χ0) is 11.7. The number of thiazole rings is 1. The Labute approximate surface area is 105 Å². The summed E-state index contributed by atoms with van der Waals surface area (Å²) in [4.78, 5) is 6.80. The van der Waals surface area contributed by atoms with E-state index >= 15 is 0 Å². The lowest BCUT2D eigenvalue weighted by atomic mass is 10.1. The first-order valence-corrected chi connectivity index (χ1v) is 6.70. The Bertz CT molecular complexity index is 495. The molecule has 2 heterocycles. The summed E-state index contributed by atoms with van der Waals surface area (Å²) in [5.41, 5.74) is 2.50. The van der Waals surface area contributed by atoms with Crippen LogP contribution in [0.2, 0.25) is 0 Å². The number of nitrogens with zero attached hydrogens (tertiary/aromatic N) is 2. The van der Waals surface area contributed by atoms with Crippen molar-refractivity contribution in [3.63, 3.8) is 0 Å². The van der Waals surface area contributed by atoms with E-state index in [9.17, 15) is 0 Å². The number of benzene rings is 1.